The number of likely N-dealkylation sites (tertiary alicyclic amines) is 1. The maximum absolute atomic E-state index is 12.3. The van der Waals surface area contributed by atoms with Crippen molar-refractivity contribution in [1.29, 1.82) is 0 Å². The van der Waals surface area contributed by atoms with Gasteiger partial charge in [-0.15, -0.1) is 11.8 Å². The van der Waals surface area contributed by atoms with Gasteiger partial charge in [0.15, 0.2) is 0 Å². The molecule has 0 aromatic heterocycles. The lowest BCUT2D eigenvalue weighted by Gasteiger charge is -2.32. The summed E-state index contributed by atoms with van der Waals surface area (Å²) < 4.78 is 0. The van der Waals surface area contributed by atoms with E-state index in [9.17, 15) is 9.59 Å². The highest BCUT2D eigenvalue weighted by atomic mass is 32.2. The van der Waals surface area contributed by atoms with Crippen molar-refractivity contribution in [2.75, 3.05) is 24.2 Å². The quantitative estimate of drug-likeness (QED) is 0.726. The predicted molar refractivity (Wildman–Crippen MR) is 105 cm³/mol. The van der Waals surface area contributed by atoms with Crippen LogP contribution >= 0.6 is 11.8 Å². The Kier molecular flexibility index (Phi) is 8.12. The van der Waals surface area contributed by atoms with Crippen LogP contribution in [0.25, 0.3) is 0 Å². The van der Waals surface area contributed by atoms with Crippen molar-refractivity contribution < 1.29 is 9.59 Å². The Morgan fingerprint density at radius 3 is 2.56 bits per heavy atom. The zero-order chi connectivity index (χ0) is 18.1. The summed E-state index contributed by atoms with van der Waals surface area (Å²) >= 11 is 1.72. The number of para-hydroxylation sites is 1. The second kappa shape index (κ2) is 10.3. The SMILES string of the molecule is CCCCS[C@@H](C)C(=O)NC1CCN(C(=O)Nc2ccccc2)CC1. The van der Waals surface area contributed by atoms with Crippen molar-refractivity contribution in [2.45, 2.75) is 50.8 Å². The summed E-state index contributed by atoms with van der Waals surface area (Å²) in [5.74, 6) is 1.15. The van der Waals surface area contributed by atoms with Gasteiger partial charge in [0.2, 0.25) is 5.91 Å². The molecule has 3 amide bonds. The van der Waals surface area contributed by atoms with Gasteiger partial charge >= 0.3 is 6.03 Å². The van der Waals surface area contributed by atoms with E-state index < -0.39 is 0 Å². The fraction of sp³-hybridized carbons (Fsp3) is 0.579. The number of carbonyl (C=O) groups excluding carboxylic acids is 2. The van der Waals surface area contributed by atoms with Gasteiger partial charge in [-0.25, -0.2) is 4.79 Å². The molecule has 25 heavy (non-hydrogen) atoms. The number of hydrogen-bond acceptors (Lipinski definition) is 3. The summed E-state index contributed by atoms with van der Waals surface area (Å²) in [4.78, 5) is 26.3. The van der Waals surface area contributed by atoms with Gasteiger partial charge in [-0.2, -0.15) is 0 Å². The number of benzene rings is 1. The molecule has 1 saturated heterocycles. The Balaban J connectivity index is 1.70. The first kappa shape index (κ1) is 19.6. The highest BCUT2D eigenvalue weighted by Crippen LogP contribution is 2.16. The van der Waals surface area contributed by atoms with Crippen LogP contribution in [0.2, 0.25) is 0 Å². The van der Waals surface area contributed by atoms with Gasteiger partial charge in [0, 0.05) is 24.8 Å². The van der Waals surface area contributed by atoms with Crippen molar-refractivity contribution in [2.24, 2.45) is 0 Å². The van der Waals surface area contributed by atoms with E-state index in [1.54, 1.807) is 11.8 Å². The molecule has 1 aromatic carbocycles. The van der Waals surface area contributed by atoms with Crippen molar-refractivity contribution in [3.63, 3.8) is 0 Å². The number of nitrogens with one attached hydrogen (secondary N) is 2. The molecule has 1 heterocycles. The lowest BCUT2D eigenvalue weighted by molar-refractivity contribution is -0.121. The molecule has 0 aliphatic carbocycles. The number of hydrogen-bond donors (Lipinski definition) is 2. The largest absolute Gasteiger partial charge is 0.352 e. The third kappa shape index (κ3) is 6.61. The van der Waals surface area contributed by atoms with Crippen LogP contribution in [0.3, 0.4) is 0 Å². The molecule has 0 saturated carbocycles. The molecule has 6 heteroatoms. The Morgan fingerprint density at radius 2 is 1.92 bits per heavy atom. The number of amides is 3. The average molecular weight is 364 g/mol. The molecule has 1 fully saturated rings. The van der Waals surface area contributed by atoms with Crippen LogP contribution < -0.4 is 10.6 Å². The molecule has 0 radical (unpaired) electrons. The molecular weight excluding hydrogens is 334 g/mol. The van der Waals surface area contributed by atoms with Crippen LogP contribution in [-0.4, -0.2) is 47.0 Å². The highest BCUT2D eigenvalue weighted by Gasteiger charge is 2.25. The van der Waals surface area contributed by atoms with Crippen LogP contribution in [-0.2, 0) is 4.79 Å². The number of urea groups is 1. The van der Waals surface area contributed by atoms with Gasteiger partial charge in [0.05, 0.1) is 5.25 Å². The van der Waals surface area contributed by atoms with Gasteiger partial charge in [0.1, 0.15) is 0 Å². The Bertz CT molecular complexity index is 545. The minimum absolute atomic E-state index is 0.00837. The number of anilines is 1. The normalized spacial score (nSPS) is 16.3. The first-order chi connectivity index (χ1) is 12.1. The monoisotopic (exact) mass is 363 g/mol. The topological polar surface area (TPSA) is 61.4 Å². The van der Waals surface area contributed by atoms with E-state index in [-0.39, 0.29) is 23.2 Å². The summed E-state index contributed by atoms with van der Waals surface area (Å²) in [6.07, 6.45) is 3.92. The number of rotatable bonds is 7. The molecule has 1 aliphatic heterocycles. The molecule has 1 atom stereocenters. The first-order valence-corrected chi connectivity index (χ1v) is 10.2. The van der Waals surface area contributed by atoms with Crippen LogP contribution in [0.15, 0.2) is 30.3 Å². The van der Waals surface area contributed by atoms with Crippen LogP contribution in [0.1, 0.15) is 39.5 Å². The van der Waals surface area contributed by atoms with Crippen molar-refractivity contribution in [3.05, 3.63) is 30.3 Å². The molecular formula is C19H29N3O2S. The molecule has 138 valence electrons. The standard InChI is InChI=1S/C19H29N3O2S/c1-3-4-14-25-15(2)18(23)20-17-10-12-22(13-11-17)19(24)21-16-8-6-5-7-9-16/h5-9,15,17H,3-4,10-14H2,1-2H3,(H,20,23)(H,21,24)/t15-/m0/s1. The van der Waals surface area contributed by atoms with E-state index in [0.717, 1.165) is 37.1 Å². The molecule has 1 aromatic rings. The van der Waals surface area contributed by atoms with E-state index in [4.69, 9.17) is 0 Å². The second-order valence-corrected chi connectivity index (χ2v) is 7.88. The fourth-order valence-corrected chi connectivity index (χ4v) is 3.78. The molecule has 2 rings (SSSR count). The lowest BCUT2D eigenvalue weighted by atomic mass is 10.1. The van der Waals surface area contributed by atoms with Gasteiger partial charge < -0.3 is 15.5 Å². The summed E-state index contributed by atoms with van der Waals surface area (Å²) in [6, 6.07) is 9.58. The van der Waals surface area contributed by atoms with E-state index in [0.29, 0.717) is 13.1 Å². The van der Waals surface area contributed by atoms with E-state index >= 15 is 0 Å². The van der Waals surface area contributed by atoms with Gasteiger partial charge in [-0.3, -0.25) is 4.79 Å². The summed E-state index contributed by atoms with van der Waals surface area (Å²) in [7, 11) is 0. The Morgan fingerprint density at radius 1 is 1.24 bits per heavy atom. The van der Waals surface area contributed by atoms with E-state index in [1.807, 2.05) is 42.2 Å². The van der Waals surface area contributed by atoms with Gasteiger partial charge in [-0.05, 0) is 44.1 Å². The minimum atomic E-state index is -0.0699. The Labute approximate surface area is 154 Å². The smallest absolute Gasteiger partial charge is 0.321 e. The second-order valence-electron chi connectivity index (χ2n) is 6.43. The first-order valence-electron chi connectivity index (χ1n) is 9.13. The summed E-state index contributed by atoms with van der Waals surface area (Å²) in [5, 5.41) is 6.04. The molecule has 5 nitrogen and oxygen atoms in total. The number of nitrogens with zero attached hydrogens (tertiary/aromatic N) is 1. The highest BCUT2D eigenvalue weighted by molar-refractivity contribution is 8.00. The zero-order valence-corrected chi connectivity index (χ0v) is 16.0. The molecule has 1 aliphatic rings. The van der Waals surface area contributed by atoms with Gasteiger partial charge in [-0.1, -0.05) is 31.5 Å². The number of piperidine rings is 1. The molecule has 2 N–H and O–H groups in total. The molecule has 0 bridgehead atoms. The number of unbranched alkanes of at least 4 members (excludes halogenated alkanes) is 1. The predicted octanol–water partition coefficient (Wildman–Crippen LogP) is 3.72. The van der Waals surface area contributed by atoms with E-state index in [1.165, 1.54) is 0 Å². The van der Waals surface area contributed by atoms with Crippen LogP contribution in [0.5, 0.6) is 0 Å². The van der Waals surface area contributed by atoms with E-state index in [2.05, 4.69) is 17.6 Å². The zero-order valence-electron chi connectivity index (χ0n) is 15.2. The fourth-order valence-electron chi connectivity index (χ4n) is 2.75. The maximum atomic E-state index is 12.3. The summed E-state index contributed by atoms with van der Waals surface area (Å²) in [5.41, 5.74) is 0.806. The number of carbonyl (C=O) groups is 2. The maximum Gasteiger partial charge on any atom is 0.321 e. The van der Waals surface area contributed by atoms with Gasteiger partial charge in [0.25, 0.3) is 0 Å². The minimum Gasteiger partial charge on any atom is -0.352 e. The van der Waals surface area contributed by atoms with Crippen LogP contribution in [0.4, 0.5) is 10.5 Å². The number of thioether (sulfide) groups is 1. The van der Waals surface area contributed by atoms with Crippen LogP contribution in [0, 0.1) is 0 Å². The molecule has 0 unspecified atom stereocenters. The third-order valence-corrected chi connectivity index (χ3v) is 5.63. The molecule has 0 spiro atoms. The van der Waals surface area contributed by atoms with Crippen molar-refractivity contribution in [3.8, 4) is 0 Å². The lowest BCUT2D eigenvalue weighted by Crippen LogP contribution is -2.49. The summed E-state index contributed by atoms with van der Waals surface area (Å²) in [6.45, 7) is 5.47. The Hall–Kier alpha value is -1.69. The van der Waals surface area contributed by atoms with Crippen molar-refractivity contribution >= 4 is 29.4 Å². The average Bonchev–Trinajstić information content (AvgIpc) is 2.63. The third-order valence-electron chi connectivity index (χ3n) is 4.39. The van der Waals surface area contributed by atoms with Crippen molar-refractivity contribution in [1.82, 2.24) is 10.2 Å².